The molecule has 1 aromatic carbocycles. The highest BCUT2D eigenvalue weighted by Crippen LogP contribution is 2.27. The van der Waals surface area contributed by atoms with Crippen LogP contribution in [0.2, 0.25) is 0 Å². The van der Waals surface area contributed by atoms with E-state index in [-0.39, 0.29) is 11.7 Å². The Morgan fingerprint density at radius 2 is 2.05 bits per heavy atom. The Kier molecular flexibility index (Phi) is 5.39. The first kappa shape index (κ1) is 15.0. The monoisotopic (exact) mass is 391 g/mol. The van der Waals surface area contributed by atoms with Crippen LogP contribution in [0.25, 0.3) is 0 Å². The van der Waals surface area contributed by atoms with Gasteiger partial charge in [-0.2, -0.15) is 0 Å². The first-order chi connectivity index (χ1) is 9.13. The highest BCUT2D eigenvalue weighted by Gasteiger charge is 2.28. The smallest absolute Gasteiger partial charge is 0.255 e. The quantitative estimate of drug-likeness (QED) is 0.696. The summed E-state index contributed by atoms with van der Waals surface area (Å²) in [5, 5.41) is 0.738. The number of halogens is 3. The van der Waals surface area contributed by atoms with E-state index in [1.54, 1.807) is 6.07 Å². The molecule has 19 heavy (non-hydrogen) atoms. The summed E-state index contributed by atoms with van der Waals surface area (Å²) in [6, 6.07) is 4.54. The van der Waals surface area contributed by atoms with Crippen LogP contribution in [0.4, 0.5) is 4.39 Å². The van der Waals surface area contributed by atoms with Gasteiger partial charge in [0, 0.05) is 22.4 Å². The van der Waals surface area contributed by atoms with Gasteiger partial charge >= 0.3 is 0 Å². The molecule has 1 fully saturated rings. The topological polar surface area (TPSA) is 20.3 Å². The fourth-order valence-corrected chi connectivity index (χ4v) is 3.37. The lowest BCUT2D eigenvalue weighted by atomic mass is 10.1. The summed E-state index contributed by atoms with van der Waals surface area (Å²) in [5.41, 5.74) is 0.410. The van der Waals surface area contributed by atoms with E-state index >= 15 is 0 Å². The maximum Gasteiger partial charge on any atom is 0.255 e. The molecule has 0 N–H and O–H groups in total. The van der Waals surface area contributed by atoms with Gasteiger partial charge in [0.25, 0.3) is 5.91 Å². The van der Waals surface area contributed by atoms with Crippen molar-refractivity contribution in [2.24, 2.45) is 0 Å². The van der Waals surface area contributed by atoms with Crippen molar-refractivity contribution in [1.29, 1.82) is 0 Å². The summed E-state index contributed by atoms with van der Waals surface area (Å²) < 4.78 is 14.0. The van der Waals surface area contributed by atoms with Crippen LogP contribution in [-0.2, 0) is 0 Å². The lowest BCUT2D eigenvalue weighted by Gasteiger charge is -2.28. The van der Waals surface area contributed by atoms with E-state index in [0.717, 1.165) is 18.2 Å². The molecule has 0 aliphatic heterocycles. The van der Waals surface area contributed by atoms with Gasteiger partial charge < -0.3 is 4.90 Å². The number of rotatable bonds is 4. The highest BCUT2D eigenvalue weighted by atomic mass is 79.9. The number of hydrogen-bond acceptors (Lipinski definition) is 1. The molecule has 0 saturated heterocycles. The van der Waals surface area contributed by atoms with Gasteiger partial charge in [0.05, 0.1) is 5.56 Å². The van der Waals surface area contributed by atoms with E-state index in [0.29, 0.717) is 22.6 Å². The lowest BCUT2D eigenvalue weighted by molar-refractivity contribution is 0.0695. The standard InChI is InChI=1S/C14H16Br2FNO/c15-7-8-18(11-3-1-2-4-11)14(19)12-9-10(17)5-6-13(12)16/h5-6,9,11H,1-4,7-8H2. The van der Waals surface area contributed by atoms with Crippen LogP contribution in [0.3, 0.4) is 0 Å². The molecule has 1 aliphatic rings. The molecule has 1 saturated carbocycles. The summed E-state index contributed by atoms with van der Waals surface area (Å²) in [4.78, 5) is 14.5. The number of alkyl halides is 1. The SMILES string of the molecule is O=C(c1cc(F)ccc1Br)N(CCBr)C1CCCC1. The van der Waals surface area contributed by atoms with Gasteiger partial charge in [-0.25, -0.2) is 4.39 Å². The third-order valence-electron chi connectivity index (χ3n) is 3.51. The number of nitrogens with zero attached hydrogens (tertiary/aromatic N) is 1. The van der Waals surface area contributed by atoms with Crippen molar-refractivity contribution in [2.45, 2.75) is 31.7 Å². The Morgan fingerprint density at radius 3 is 2.68 bits per heavy atom. The molecule has 0 spiro atoms. The average molecular weight is 393 g/mol. The van der Waals surface area contributed by atoms with Crippen molar-refractivity contribution in [3.63, 3.8) is 0 Å². The average Bonchev–Trinajstić information content (AvgIpc) is 2.92. The van der Waals surface area contributed by atoms with Crippen LogP contribution < -0.4 is 0 Å². The molecule has 0 aromatic heterocycles. The van der Waals surface area contributed by atoms with Crippen molar-refractivity contribution < 1.29 is 9.18 Å². The number of benzene rings is 1. The third-order valence-corrected chi connectivity index (χ3v) is 4.56. The molecule has 0 radical (unpaired) electrons. The zero-order chi connectivity index (χ0) is 13.8. The minimum absolute atomic E-state index is 0.0854. The predicted molar refractivity (Wildman–Crippen MR) is 81.2 cm³/mol. The second kappa shape index (κ2) is 6.84. The van der Waals surface area contributed by atoms with Crippen molar-refractivity contribution in [3.8, 4) is 0 Å². The molecule has 0 bridgehead atoms. The number of carbonyl (C=O) groups is 1. The molecule has 1 aliphatic carbocycles. The van der Waals surface area contributed by atoms with Crippen LogP contribution in [0, 0.1) is 5.82 Å². The van der Waals surface area contributed by atoms with E-state index < -0.39 is 0 Å². The normalized spacial score (nSPS) is 15.7. The highest BCUT2D eigenvalue weighted by molar-refractivity contribution is 9.10. The summed E-state index contributed by atoms with van der Waals surface area (Å²) in [5.74, 6) is -0.463. The number of carbonyl (C=O) groups excluding carboxylic acids is 1. The second-order valence-electron chi connectivity index (χ2n) is 4.75. The van der Waals surface area contributed by atoms with Gasteiger partial charge in [-0.3, -0.25) is 4.79 Å². The first-order valence-electron chi connectivity index (χ1n) is 6.45. The largest absolute Gasteiger partial charge is 0.335 e. The Balaban J connectivity index is 2.25. The molecule has 2 rings (SSSR count). The van der Waals surface area contributed by atoms with E-state index in [2.05, 4.69) is 31.9 Å². The van der Waals surface area contributed by atoms with Crippen LogP contribution in [-0.4, -0.2) is 28.7 Å². The number of hydrogen-bond donors (Lipinski definition) is 0. The van der Waals surface area contributed by atoms with Crippen LogP contribution in [0.5, 0.6) is 0 Å². The van der Waals surface area contributed by atoms with Gasteiger partial charge in [0.15, 0.2) is 0 Å². The maximum atomic E-state index is 13.3. The Morgan fingerprint density at radius 1 is 1.37 bits per heavy atom. The molecular formula is C14H16Br2FNO. The molecule has 5 heteroatoms. The zero-order valence-corrected chi connectivity index (χ0v) is 13.7. The summed E-state index contributed by atoms with van der Waals surface area (Å²) in [7, 11) is 0. The number of amides is 1. The molecule has 0 unspecified atom stereocenters. The summed E-state index contributed by atoms with van der Waals surface area (Å²) >= 11 is 6.72. The summed E-state index contributed by atoms with van der Waals surface area (Å²) in [6.07, 6.45) is 4.43. The van der Waals surface area contributed by atoms with Gasteiger partial charge in [-0.15, -0.1) is 0 Å². The van der Waals surface area contributed by atoms with Crippen LogP contribution in [0.15, 0.2) is 22.7 Å². The van der Waals surface area contributed by atoms with Gasteiger partial charge in [-0.1, -0.05) is 28.8 Å². The van der Waals surface area contributed by atoms with Gasteiger partial charge in [0.2, 0.25) is 0 Å². The molecule has 1 amide bonds. The molecule has 104 valence electrons. The molecule has 0 heterocycles. The third kappa shape index (κ3) is 3.57. The Bertz CT molecular complexity index is 461. The minimum atomic E-state index is -0.378. The van der Waals surface area contributed by atoms with Crippen LogP contribution >= 0.6 is 31.9 Å². The van der Waals surface area contributed by atoms with Crippen molar-refractivity contribution >= 4 is 37.8 Å². The Labute approximate surface area is 129 Å². The maximum absolute atomic E-state index is 13.3. The van der Waals surface area contributed by atoms with E-state index in [4.69, 9.17) is 0 Å². The molecule has 1 aromatic rings. The summed E-state index contributed by atoms with van der Waals surface area (Å²) in [6.45, 7) is 0.659. The van der Waals surface area contributed by atoms with E-state index in [1.807, 2.05) is 4.90 Å². The predicted octanol–water partition coefficient (Wildman–Crippen LogP) is 4.37. The van der Waals surface area contributed by atoms with Crippen molar-refractivity contribution in [3.05, 3.63) is 34.1 Å². The van der Waals surface area contributed by atoms with E-state index in [1.165, 1.54) is 25.0 Å². The fourth-order valence-electron chi connectivity index (χ4n) is 2.57. The van der Waals surface area contributed by atoms with E-state index in [9.17, 15) is 9.18 Å². The zero-order valence-electron chi connectivity index (χ0n) is 10.5. The first-order valence-corrected chi connectivity index (χ1v) is 8.37. The lowest BCUT2D eigenvalue weighted by Crippen LogP contribution is -2.40. The van der Waals surface area contributed by atoms with Gasteiger partial charge in [-0.05, 0) is 47.0 Å². The minimum Gasteiger partial charge on any atom is -0.335 e. The Hall–Kier alpha value is -0.420. The molecule has 2 nitrogen and oxygen atoms in total. The molecule has 0 atom stereocenters. The van der Waals surface area contributed by atoms with Crippen molar-refractivity contribution in [1.82, 2.24) is 4.90 Å². The van der Waals surface area contributed by atoms with Gasteiger partial charge in [0.1, 0.15) is 5.82 Å². The molecular weight excluding hydrogens is 377 g/mol. The second-order valence-corrected chi connectivity index (χ2v) is 6.40. The van der Waals surface area contributed by atoms with Crippen LogP contribution in [0.1, 0.15) is 36.0 Å². The van der Waals surface area contributed by atoms with Crippen molar-refractivity contribution in [2.75, 3.05) is 11.9 Å². The fraction of sp³-hybridized carbons (Fsp3) is 0.500.